The number of amides is 2. The van der Waals surface area contributed by atoms with E-state index in [1.807, 2.05) is 0 Å². The Bertz CT molecular complexity index is 1130. The summed E-state index contributed by atoms with van der Waals surface area (Å²) in [7, 11) is 0. The van der Waals surface area contributed by atoms with E-state index < -0.39 is 28.4 Å². The fourth-order valence-corrected chi connectivity index (χ4v) is 4.12. The highest BCUT2D eigenvalue weighted by molar-refractivity contribution is 6.45. The number of hydrogen-bond acceptors (Lipinski definition) is 6. The van der Waals surface area contributed by atoms with Crippen molar-refractivity contribution in [2.45, 2.75) is 12.8 Å². The predicted octanol–water partition coefficient (Wildman–Crippen LogP) is 2.86. The molecule has 0 aromatic heterocycles. The number of hydrogen-bond donors (Lipinski definition) is 1. The van der Waals surface area contributed by atoms with Crippen molar-refractivity contribution >= 4 is 28.8 Å². The normalized spacial score (nSPS) is 19.2. The summed E-state index contributed by atoms with van der Waals surface area (Å²) in [6, 6.07) is 7.70. The minimum Gasteiger partial charge on any atom is -0.396 e. The number of non-ortho nitro benzene ring substituents is 1. The van der Waals surface area contributed by atoms with Gasteiger partial charge in [0.05, 0.1) is 16.2 Å². The molecule has 0 saturated carbocycles. The van der Waals surface area contributed by atoms with Crippen molar-refractivity contribution in [2.75, 3.05) is 24.6 Å². The highest BCUT2D eigenvalue weighted by Crippen LogP contribution is 2.37. The molecule has 32 heavy (non-hydrogen) atoms. The summed E-state index contributed by atoms with van der Waals surface area (Å²) in [6.07, 6.45) is 1.43. The molecule has 2 aliphatic rings. The Morgan fingerprint density at radius 1 is 1.09 bits per heavy atom. The van der Waals surface area contributed by atoms with Crippen molar-refractivity contribution in [1.82, 2.24) is 4.90 Å². The van der Waals surface area contributed by atoms with Gasteiger partial charge in [-0.3, -0.25) is 19.7 Å². The minimum absolute atomic E-state index is 0.0211. The predicted molar refractivity (Wildman–Crippen MR) is 110 cm³/mol. The fourth-order valence-electron chi connectivity index (χ4n) is 4.12. The summed E-state index contributed by atoms with van der Waals surface area (Å²) >= 11 is 0. The third kappa shape index (κ3) is 3.73. The lowest BCUT2D eigenvalue weighted by Gasteiger charge is -2.34. The Labute approximate surface area is 181 Å². The number of aliphatic hydroxyl groups is 1. The molecule has 10 heteroatoms. The third-order valence-corrected chi connectivity index (χ3v) is 5.67. The minimum atomic E-state index is -1.07. The van der Waals surface area contributed by atoms with Crippen LogP contribution in [0.2, 0.25) is 0 Å². The van der Waals surface area contributed by atoms with Crippen LogP contribution >= 0.6 is 0 Å². The van der Waals surface area contributed by atoms with Gasteiger partial charge in [-0.1, -0.05) is 0 Å². The lowest BCUT2D eigenvalue weighted by molar-refractivity contribution is -0.384. The van der Waals surface area contributed by atoms with Gasteiger partial charge in [-0.25, -0.2) is 13.7 Å². The zero-order chi connectivity index (χ0) is 23.0. The molecule has 0 aliphatic carbocycles. The van der Waals surface area contributed by atoms with Crippen LogP contribution in [0.4, 0.5) is 20.2 Å². The number of imide groups is 1. The first-order valence-corrected chi connectivity index (χ1v) is 10.0. The van der Waals surface area contributed by atoms with Gasteiger partial charge in [0.25, 0.3) is 17.5 Å². The number of carbonyl (C=O) groups is 2. The quantitative estimate of drug-likeness (QED) is 0.433. The molecule has 2 heterocycles. The van der Waals surface area contributed by atoms with Gasteiger partial charge in [0.2, 0.25) is 0 Å². The number of nitrogens with zero attached hydrogens (tertiary/aromatic N) is 3. The van der Waals surface area contributed by atoms with E-state index in [-0.39, 0.29) is 40.7 Å². The first-order valence-electron chi connectivity index (χ1n) is 10.0. The number of anilines is 1. The van der Waals surface area contributed by atoms with Gasteiger partial charge in [-0.2, -0.15) is 0 Å². The number of carbonyl (C=O) groups excluding carboxylic acids is 2. The van der Waals surface area contributed by atoms with Crippen LogP contribution in [0.25, 0.3) is 5.57 Å². The molecule has 2 amide bonds. The molecule has 0 radical (unpaired) electrons. The molecule has 1 fully saturated rings. The van der Waals surface area contributed by atoms with Crippen LogP contribution in [-0.2, 0) is 9.59 Å². The highest BCUT2D eigenvalue weighted by Gasteiger charge is 2.44. The molecular weight excluding hydrogens is 424 g/mol. The Balaban J connectivity index is 1.83. The zero-order valence-electron chi connectivity index (χ0n) is 16.8. The van der Waals surface area contributed by atoms with Crippen LogP contribution in [-0.4, -0.2) is 46.4 Å². The van der Waals surface area contributed by atoms with Crippen molar-refractivity contribution in [3.63, 3.8) is 0 Å². The molecule has 0 spiro atoms. The van der Waals surface area contributed by atoms with Crippen LogP contribution in [0.5, 0.6) is 0 Å². The van der Waals surface area contributed by atoms with E-state index in [1.165, 1.54) is 24.3 Å². The number of rotatable bonds is 5. The van der Waals surface area contributed by atoms with Crippen LogP contribution in [0.15, 0.2) is 48.2 Å². The number of likely N-dealkylation sites (tertiary alicyclic amines) is 1. The van der Waals surface area contributed by atoms with Crippen molar-refractivity contribution in [1.29, 1.82) is 0 Å². The fraction of sp³-hybridized carbons (Fsp3) is 0.273. The maximum Gasteiger partial charge on any atom is 0.282 e. The largest absolute Gasteiger partial charge is 0.396 e. The summed E-state index contributed by atoms with van der Waals surface area (Å²) in [5.74, 6) is -3.60. The number of piperidine rings is 1. The second-order valence-corrected chi connectivity index (χ2v) is 7.71. The number of nitro benzene ring substituents is 1. The molecule has 2 aromatic rings. The van der Waals surface area contributed by atoms with Crippen molar-refractivity contribution in [3.8, 4) is 0 Å². The van der Waals surface area contributed by atoms with Gasteiger partial charge in [-0.05, 0) is 48.6 Å². The number of halogens is 2. The maximum atomic E-state index is 14.5. The Morgan fingerprint density at radius 3 is 2.44 bits per heavy atom. The van der Waals surface area contributed by atoms with E-state index in [1.54, 1.807) is 4.90 Å². The molecule has 2 aliphatic heterocycles. The number of aliphatic hydroxyl groups excluding tert-OH is 1. The van der Waals surface area contributed by atoms with Crippen LogP contribution in [0.1, 0.15) is 18.4 Å². The van der Waals surface area contributed by atoms with E-state index in [0.717, 1.165) is 18.6 Å². The second kappa shape index (κ2) is 8.46. The Kier molecular flexibility index (Phi) is 5.70. The molecule has 4 rings (SSSR count). The molecule has 1 saturated heterocycles. The van der Waals surface area contributed by atoms with E-state index in [9.17, 15) is 33.6 Å². The molecule has 1 atom stereocenters. The standard InChI is InChI=1S/C22H19F2N3O5/c23-15-5-8-18(17(24)10-15)26-21(29)19(14-3-6-16(7-4-14)27(31)32)20(22(26)30)25-9-1-2-13(11-25)12-28/h3-8,10,13,28H,1-2,9,11-12H2. The van der Waals surface area contributed by atoms with Crippen LogP contribution < -0.4 is 4.90 Å². The SMILES string of the molecule is O=C1C(c2ccc([N+](=O)[O-])cc2)=C(N2CCCC(CO)C2)C(=O)N1c1ccc(F)cc1F. The highest BCUT2D eigenvalue weighted by atomic mass is 19.1. The average Bonchev–Trinajstić information content (AvgIpc) is 3.04. The molecule has 2 aromatic carbocycles. The summed E-state index contributed by atoms with van der Waals surface area (Å²) in [4.78, 5) is 39.5. The van der Waals surface area contributed by atoms with Gasteiger partial charge in [0.15, 0.2) is 0 Å². The Hall–Kier alpha value is -3.66. The summed E-state index contributed by atoms with van der Waals surface area (Å²) in [5, 5.41) is 20.6. The molecule has 8 nitrogen and oxygen atoms in total. The van der Waals surface area contributed by atoms with Gasteiger partial charge < -0.3 is 10.0 Å². The first kappa shape index (κ1) is 21.6. The summed E-state index contributed by atoms with van der Waals surface area (Å²) < 4.78 is 27.9. The van der Waals surface area contributed by atoms with Gasteiger partial charge >= 0.3 is 0 Å². The molecule has 1 N–H and O–H groups in total. The van der Waals surface area contributed by atoms with Crippen LogP contribution in [0.3, 0.4) is 0 Å². The van der Waals surface area contributed by atoms with E-state index in [4.69, 9.17) is 0 Å². The van der Waals surface area contributed by atoms with E-state index in [0.29, 0.717) is 30.5 Å². The molecule has 1 unspecified atom stereocenters. The van der Waals surface area contributed by atoms with E-state index >= 15 is 0 Å². The molecular formula is C22H19F2N3O5. The van der Waals surface area contributed by atoms with Crippen molar-refractivity contribution in [3.05, 3.63) is 75.5 Å². The Morgan fingerprint density at radius 2 is 1.81 bits per heavy atom. The first-order chi connectivity index (χ1) is 15.3. The van der Waals surface area contributed by atoms with Gasteiger partial charge in [0.1, 0.15) is 17.3 Å². The molecule has 0 bridgehead atoms. The molecule has 166 valence electrons. The lowest BCUT2D eigenvalue weighted by atomic mass is 9.97. The maximum absolute atomic E-state index is 14.5. The van der Waals surface area contributed by atoms with Crippen molar-refractivity contribution < 1.29 is 28.4 Å². The topological polar surface area (TPSA) is 104 Å². The monoisotopic (exact) mass is 443 g/mol. The summed E-state index contributed by atoms with van der Waals surface area (Å²) in [5.41, 5.74) is -0.294. The lowest BCUT2D eigenvalue weighted by Crippen LogP contribution is -2.40. The number of benzene rings is 2. The van der Waals surface area contributed by atoms with Gasteiger partial charge in [-0.15, -0.1) is 0 Å². The number of nitro groups is 1. The van der Waals surface area contributed by atoms with Crippen LogP contribution in [0, 0.1) is 27.7 Å². The van der Waals surface area contributed by atoms with E-state index in [2.05, 4.69) is 0 Å². The van der Waals surface area contributed by atoms with Gasteiger partial charge in [0, 0.05) is 37.9 Å². The van der Waals surface area contributed by atoms with Crippen molar-refractivity contribution in [2.24, 2.45) is 5.92 Å². The average molecular weight is 443 g/mol. The smallest absolute Gasteiger partial charge is 0.282 e. The second-order valence-electron chi connectivity index (χ2n) is 7.71. The zero-order valence-corrected chi connectivity index (χ0v) is 16.8. The third-order valence-electron chi connectivity index (χ3n) is 5.67. The summed E-state index contributed by atoms with van der Waals surface area (Å²) in [6.45, 7) is 0.678.